The monoisotopic (exact) mass is 394 g/mol. The SMILES string of the molecule is CCCN(C)[C@H]1CCc2nc(NC(=O)[C@H](CCC(C)=O)NC(C)=O)sc2C1. The van der Waals surface area contributed by atoms with Gasteiger partial charge in [0.25, 0.3) is 0 Å². The second-order valence-electron chi connectivity index (χ2n) is 7.25. The van der Waals surface area contributed by atoms with Crippen molar-refractivity contribution < 1.29 is 14.4 Å². The fraction of sp³-hybridized carbons (Fsp3) is 0.684. The number of aromatic nitrogens is 1. The first-order chi connectivity index (χ1) is 12.8. The number of amides is 2. The first-order valence-electron chi connectivity index (χ1n) is 9.56. The molecule has 27 heavy (non-hydrogen) atoms. The molecule has 7 nitrogen and oxygen atoms in total. The van der Waals surface area contributed by atoms with Crippen LogP contribution in [0.15, 0.2) is 0 Å². The molecule has 1 aliphatic rings. The lowest BCUT2D eigenvalue weighted by atomic mass is 9.96. The second kappa shape index (κ2) is 9.94. The number of anilines is 1. The van der Waals surface area contributed by atoms with Crippen molar-refractivity contribution in [3.05, 3.63) is 10.6 Å². The Morgan fingerprint density at radius 3 is 2.70 bits per heavy atom. The van der Waals surface area contributed by atoms with E-state index in [1.807, 2.05) is 0 Å². The van der Waals surface area contributed by atoms with Crippen LogP contribution in [0.2, 0.25) is 0 Å². The minimum Gasteiger partial charge on any atom is -0.345 e. The van der Waals surface area contributed by atoms with Gasteiger partial charge in [-0.25, -0.2) is 4.98 Å². The number of hydrogen-bond acceptors (Lipinski definition) is 6. The summed E-state index contributed by atoms with van der Waals surface area (Å²) in [6.07, 6.45) is 4.62. The highest BCUT2D eigenvalue weighted by Crippen LogP contribution is 2.31. The fourth-order valence-corrected chi connectivity index (χ4v) is 4.46. The summed E-state index contributed by atoms with van der Waals surface area (Å²) in [6.45, 7) is 6.10. The van der Waals surface area contributed by atoms with Crippen LogP contribution in [0.4, 0.5) is 5.13 Å². The molecule has 0 saturated heterocycles. The molecule has 0 fully saturated rings. The summed E-state index contributed by atoms with van der Waals surface area (Å²) in [5.41, 5.74) is 1.07. The van der Waals surface area contributed by atoms with Crippen LogP contribution >= 0.6 is 11.3 Å². The number of carbonyl (C=O) groups is 3. The quantitative estimate of drug-likeness (QED) is 0.670. The Hall–Kier alpha value is -1.80. The van der Waals surface area contributed by atoms with Crippen LogP contribution < -0.4 is 10.6 Å². The number of nitrogens with one attached hydrogen (secondary N) is 2. The molecule has 1 aromatic heterocycles. The van der Waals surface area contributed by atoms with Gasteiger partial charge in [-0.3, -0.25) is 9.59 Å². The number of ketones is 1. The highest BCUT2D eigenvalue weighted by Gasteiger charge is 2.26. The second-order valence-corrected chi connectivity index (χ2v) is 8.33. The van der Waals surface area contributed by atoms with Gasteiger partial charge in [-0.15, -0.1) is 11.3 Å². The highest BCUT2D eigenvalue weighted by molar-refractivity contribution is 7.15. The standard InChI is InChI=1S/C19H30N4O3S/c1-5-10-23(4)14-7-9-15-17(11-14)27-19(21-15)22-18(26)16(20-13(3)25)8-6-12(2)24/h14,16H,5-11H2,1-4H3,(H,20,25)(H,21,22,26)/t14-,16-/m0/s1. The van der Waals surface area contributed by atoms with E-state index in [2.05, 4.69) is 34.5 Å². The van der Waals surface area contributed by atoms with Crippen molar-refractivity contribution in [1.82, 2.24) is 15.2 Å². The number of rotatable bonds is 9. The number of thiazole rings is 1. The molecule has 0 aromatic carbocycles. The summed E-state index contributed by atoms with van der Waals surface area (Å²) < 4.78 is 0. The molecule has 1 heterocycles. The van der Waals surface area contributed by atoms with Gasteiger partial charge in [0.15, 0.2) is 5.13 Å². The van der Waals surface area contributed by atoms with E-state index in [9.17, 15) is 14.4 Å². The van der Waals surface area contributed by atoms with Gasteiger partial charge in [0.1, 0.15) is 11.8 Å². The van der Waals surface area contributed by atoms with Crippen LogP contribution in [0.5, 0.6) is 0 Å². The van der Waals surface area contributed by atoms with Crippen molar-refractivity contribution in [2.24, 2.45) is 0 Å². The average molecular weight is 395 g/mol. The normalized spacial score (nSPS) is 17.3. The lowest BCUT2D eigenvalue weighted by Gasteiger charge is -2.30. The zero-order valence-corrected chi connectivity index (χ0v) is 17.4. The molecular formula is C19H30N4O3S. The van der Waals surface area contributed by atoms with Gasteiger partial charge in [0, 0.05) is 24.3 Å². The topological polar surface area (TPSA) is 91.4 Å². The summed E-state index contributed by atoms with van der Waals surface area (Å²) in [7, 11) is 2.16. The Morgan fingerprint density at radius 1 is 1.33 bits per heavy atom. The van der Waals surface area contributed by atoms with Crippen LogP contribution in [0.3, 0.4) is 0 Å². The summed E-state index contributed by atoms with van der Waals surface area (Å²) in [4.78, 5) is 43.3. The number of aryl methyl sites for hydroxylation is 1. The van der Waals surface area contributed by atoms with Crippen molar-refractivity contribution in [3.63, 3.8) is 0 Å². The molecule has 0 aliphatic heterocycles. The summed E-state index contributed by atoms with van der Waals surface area (Å²) in [5, 5.41) is 6.02. The van der Waals surface area contributed by atoms with E-state index in [0.717, 1.165) is 37.9 Å². The number of likely N-dealkylation sites (N-methyl/N-ethyl adjacent to an activating group) is 1. The Balaban J connectivity index is 2.01. The lowest BCUT2D eigenvalue weighted by Crippen LogP contribution is -2.43. The van der Waals surface area contributed by atoms with E-state index in [4.69, 9.17) is 0 Å². The highest BCUT2D eigenvalue weighted by atomic mass is 32.1. The predicted molar refractivity (Wildman–Crippen MR) is 107 cm³/mol. The third-order valence-electron chi connectivity index (χ3n) is 4.82. The minimum absolute atomic E-state index is 0.00916. The molecular weight excluding hydrogens is 364 g/mol. The van der Waals surface area contributed by atoms with Gasteiger partial charge < -0.3 is 20.3 Å². The first-order valence-corrected chi connectivity index (χ1v) is 10.4. The number of Topliss-reactive ketones (excluding diaryl/α,β-unsaturated/α-hetero) is 1. The maximum atomic E-state index is 12.6. The Bertz CT molecular complexity index is 688. The summed E-state index contributed by atoms with van der Waals surface area (Å²) >= 11 is 1.51. The maximum Gasteiger partial charge on any atom is 0.248 e. The van der Waals surface area contributed by atoms with E-state index in [-0.39, 0.29) is 30.4 Å². The van der Waals surface area contributed by atoms with E-state index in [1.165, 1.54) is 30.1 Å². The number of fused-ring (bicyclic) bond motifs is 1. The largest absolute Gasteiger partial charge is 0.345 e. The Kier molecular flexibility index (Phi) is 7.91. The van der Waals surface area contributed by atoms with Crippen molar-refractivity contribution >= 4 is 34.1 Å². The van der Waals surface area contributed by atoms with Crippen molar-refractivity contribution in [2.75, 3.05) is 18.9 Å². The van der Waals surface area contributed by atoms with E-state index in [1.54, 1.807) is 0 Å². The molecule has 0 saturated carbocycles. The van der Waals surface area contributed by atoms with E-state index >= 15 is 0 Å². The van der Waals surface area contributed by atoms with E-state index < -0.39 is 6.04 Å². The molecule has 150 valence electrons. The van der Waals surface area contributed by atoms with Crippen molar-refractivity contribution in [3.8, 4) is 0 Å². The smallest absolute Gasteiger partial charge is 0.248 e. The Morgan fingerprint density at radius 2 is 2.07 bits per heavy atom. The zero-order valence-electron chi connectivity index (χ0n) is 16.6. The minimum atomic E-state index is -0.726. The molecule has 2 N–H and O–H groups in total. The molecule has 0 radical (unpaired) electrons. The van der Waals surface area contributed by atoms with Crippen LogP contribution in [-0.4, -0.2) is 53.2 Å². The zero-order chi connectivity index (χ0) is 20.0. The predicted octanol–water partition coefficient (Wildman–Crippen LogP) is 2.15. The molecule has 0 bridgehead atoms. The molecule has 1 aliphatic carbocycles. The third kappa shape index (κ3) is 6.39. The molecule has 8 heteroatoms. The molecule has 2 amide bonds. The average Bonchev–Trinajstić information content (AvgIpc) is 2.99. The number of carbonyl (C=O) groups excluding carboxylic acids is 3. The summed E-state index contributed by atoms with van der Waals surface area (Å²) in [6, 6.07) is -0.208. The lowest BCUT2D eigenvalue weighted by molar-refractivity contribution is -0.126. The molecule has 0 unspecified atom stereocenters. The van der Waals surface area contributed by atoms with Gasteiger partial charge in [-0.1, -0.05) is 6.92 Å². The van der Waals surface area contributed by atoms with Gasteiger partial charge in [0.05, 0.1) is 5.69 Å². The van der Waals surface area contributed by atoms with Crippen LogP contribution in [0, 0.1) is 0 Å². The van der Waals surface area contributed by atoms with Gasteiger partial charge >= 0.3 is 0 Å². The molecule has 2 atom stereocenters. The number of hydrogen-bond donors (Lipinski definition) is 2. The number of nitrogens with zero attached hydrogens (tertiary/aromatic N) is 2. The van der Waals surface area contributed by atoms with Crippen molar-refractivity contribution in [2.45, 2.75) is 71.4 Å². The Labute approximate surface area is 164 Å². The first kappa shape index (κ1) is 21.5. The maximum absolute atomic E-state index is 12.6. The van der Waals surface area contributed by atoms with Crippen LogP contribution in [0.1, 0.15) is 57.0 Å². The van der Waals surface area contributed by atoms with Crippen LogP contribution in [-0.2, 0) is 27.2 Å². The van der Waals surface area contributed by atoms with Crippen molar-refractivity contribution in [1.29, 1.82) is 0 Å². The molecule has 1 aromatic rings. The van der Waals surface area contributed by atoms with Gasteiger partial charge in [-0.2, -0.15) is 0 Å². The fourth-order valence-electron chi connectivity index (χ4n) is 3.38. The van der Waals surface area contributed by atoms with E-state index in [0.29, 0.717) is 11.2 Å². The van der Waals surface area contributed by atoms with Crippen LogP contribution in [0.25, 0.3) is 0 Å². The summed E-state index contributed by atoms with van der Waals surface area (Å²) in [5.74, 6) is -0.624. The van der Waals surface area contributed by atoms with Gasteiger partial charge in [0.2, 0.25) is 11.8 Å². The van der Waals surface area contributed by atoms with Gasteiger partial charge in [-0.05, 0) is 52.6 Å². The molecule has 2 rings (SSSR count). The molecule has 0 spiro atoms. The third-order valence-corrected chi connectivity index (χ3v) is 5.86.